The summed E-state index contributed by atoms with van der Waals surface area (Å²) in [6, 6.07) is 6.79. The van der Waals surface area contributed by atoms with Gasteiger partial charge in [0.05, 0.1) is 6.04 Å². The van der Waals surface area contributed by atoms with Gasteiger partial charge in [-0.3, -0.25) is 0 Å². The highest BCUT2D eigenvalue weighted by Crippen LogP contribution is 2.32. The lowest BCUT2D eigenvalue weighted by Gasteiger charge is -2.25. The fourth-order valence-electron chi connectivity index (χ4n) is 1.57. The molecular formula is C10H11NO3S. The third-order valence-corrected chi connectivity index (χ3v) is 3.16. The van der Waals surface area contributed by atoms with E-state index in [1.807, 2.05) is 12.1 Å². The molecule has 1 aromatic rings. The number of hydrogen-bond donors (Lipinski definition) is 1. The number of para-hydroxylation sites is 1. The average Bonchev–Trinajstić information content (AvgIpc) is 2.16. The summed E-state index contributed by atoms with van der Waals surface area (Å²) >= 11 is 0. The lowest BCUT2D eigenvalue weighted by atomic mass is 10.0. The molecule has 0 amide bonds. The zero-order chi connectivity index (χ0) is 10.9. The Labute approximate surface area is 88.8 Å². The number of hydrogen-bond acceptors (Lipinski definition) is 3. The molecule has 1 aliphatic rings. The maximum absolute atomic E-state index is 11.3. The second-order valence-electron chi connectivity index (χ2n) is 3.27. The number of benzene rings is 1. The molecule has 80 valence electrons. The maximum Gasteiger partial charge on any atom is 0.383 e. The van der Waals surface area contributed by atoms with Gasteiger partial charge in [0, 0.05) is 5.56 Å². The minimum absolute atomic E-state index is 0.280. The molecule has 2 rings (SSSR count). The molecule has 0 unspecified atom stereocenters. The third kappa shape index (κ3) is 2.03. The smallest absolute Gasteiger partial charge is 0.371 e. The van der Waals surface area contributed by atoms with E-state index in [1.54, 1.807) is 18.2 Å². The molecule has 0 spiro atoms. The van der Waals surface area contributed by atoms with E-state index in [9.17, 15) is 8.42 Å². The minimum atomic E-state index is -3.67. The van der Waals surface area contributed by atoms with Crippen molar-refractivity contribution < 1.29 is 12.6 Å². The van der Waals surface area contributed by atoms with E-state index in [4.69, 9.17) is 4.18 Å². The molecule has 0 aliphatic carbocycles. The summed E-state index contributed by atoms with van der Waals surface area (Å²) < 4.78 is 29.9. The van der Waals surface area contributed by atoms with Crippen LogP contribution >= 0.6 is 0 Å². The van der Waals surface area contributed by atoms with E-state index < -0.39 is 10.3 Å². The van der Waals surface area contributed by atoms with Gasteiger partial charge in [0.2, 0.25) is 0 Å². The number of nitrogens with one attached hydrogen (secondary N) is 1. The highest BCUT2D eigenvalue weighted by atomic mass is 32.2. The molecule has 0 bridgehead atoms. The van der Waals surface area contributed by atoms with Gasteiger partial charge in [0.1, 0.15) is 5.75 Å². The monoisotopic (exact) mass is 225 g/mol. The van der Waals surface area contributed by atoms with E-state index in [1.165, 1.54) is 0 Å². The van der Waals surface area contributed by atoms with Gasteiger partial charge in [-0.1, -0.05) is 24.3 Å². The first-order chi connectivity index (χ1) is 7.12. The SMILES string of the molecule is C=CC[C@H]1NS(=O)(=O)Oc2ccccc21. The average molecular weight is 225 g/mol. The van der Waals surface area contributed by atoms with Gasteiger partial charge in [0.25, 0.3) is 0 Å². The number of fused-ring (bicyclic) bond motifs is 1. The Morgan fingerprint density at radius 3 is 2.93 bits per heavy atom. The molecule has 0 saturated carbocycles. The summed E-state index contributed by atoms with van der Waals surface area (Å²) in [6.45, 7) is 3.60. The van der Waals surface area contributed by atoms with Crippen LogP contribution in [0.2, 0.25) is 0 Å². The van der Waals surface area contributed by atoms with E-state index >= 15 is 0 Å². The van der Waals surface area contributed by atoms with Crippen molar-refractivity contribution in [3.8, 4) is 5.75 Å². The number of rotatable bonds is 2. The summed E-state index contributed by atoms with van der Waals surface area (Å²) in [5.74, 6) is 0.392. The fourth-order valence-corrected chi connectivity index (χ4v) is 2.57. The van der Waals surface area contributed by atoms with Crippen LogP contribution in [0, 0.1) is 0 Å². The molecule has 0 fully saturated rings. The minimum Gasteiger partial charge on any atom is -0.371 e. The summed E-state index contributed by atoms with van der Waals surface area (Å²) in [5, 5.41) is 0. The quantitative estimate of drug-likeness (QED) is 0.776. The largest absolute Gasteiger partial charge is 0.383 e. The molecule has 1 aliphatic heterocycles. The van der Waals surface area contributed by atoms with Crippen LogP contribution in [0.15, 0.2) is 36.9 Å². The Morgan fingerprint density at radius 1 is 1.47 bits per heavy atom. The zero-order valence-electron chi connectivity index (χ0n) is 8.01. The Morgan fingerprint density at radius 2 is 2.20 bits per heavy atom. The van der Waals surface area contributed by atoms with Crippen molar-refractivity contribution in [1.82, 2.24) is 4.72 Å². The van der Waals surface area contributed by atoms with Crippen LogP contribution in [0.25, 0.3) is 0 Å². The van der Waals surface area contributed by atoms with Gasteiger partial charge in [0.15, 0.2) is 0 Å². The van der Waals surface area contributed by atoms with Crippen molar-refractivity contribution in [2.75, 3.05) is 0 Å². The second kappa shape index (κ2) is 3.67. The standard InChI is InChI=1S/C10H11NO3S/c1-2-5-9-8-6-3-4-7-10(8)14-15(12,13)11-9/h2-4,6-7,9,11H,1,5H2/t9-/m1/s1. The van der Waals surface area contributed by atoms with Gasteiger partial charge in [-0.25, -0.2) is 0 Å². The predicted octanol–water partition coefficient (Wildman–Crippen LogP) is 1.53. The van der Waals surface area contributed by atoms with Crippen LogP contribution in [-0.2, 0) is 10.3 Å². The molecule has 4 nitrogen and oxygen atoms in total. The van der Waals surface area contributed by atoms with Crippen molar-refractivity contribution in [2.45, 2.75) is 12.5 Å². The predicted molar refractivity (Wildman–Crippen MR) is 56.7 cm³/mol. The molecule has 5 heteroatoms. The van der Waals surface area contributed by atoms with Crippen molar-refractivity contribution in [1.29, 1.82) is 0 Å². The van der Waals surface area contributed by atoms with Crippen LogP contribution < -0.4 is 8.91 Å². The Hall–Kier alpha value is -1.33. The Bertz CT molecular complexity index is 481. The van der Waals surface area contributed by atoms with Crippen molar-refractivity contribution in [3.05, 3.63) is 42.5 Å². The van der Waals surface area contributed by atoms with Crippen LogP contribution in [0.1, 0.15) is 18.0 Å². The highest BCUT2D eigenvalue weighted by Gasteiger charge is 2.28. The fraction of sp³-hybridized carbons (Fsp3) is 0.200. The van der Waals surface area contributed by atoms with Crippen LogP contribution in [0.3, 0.4) is 0 Å². The Balaban J connectivity index is 2.47. The first-order valence-electron chi connectivity index (χ1n) is 4.54. The summed E-state index contributed by atoms with van der Waals surface area (Å²) in [7, 11) is -3.67. The van der Waals surface area contributed by atoms with Gasteiger partial charge in [-0.05, 0) is 12.5 Å². The molecule has 1 atom stereocenters. The first-order valence-corrected chi connectivity index (χ1v) is 5.95. The molecule has 0 aromatic heterocycles. The second-order valence-corrected chi connectivity index (χ2v) is 4.58. The molecule has 1 N–H and O–H groups in total. The lowest BCUT2D eigenvalue weighted by molar-refractivity contribution is 0.429. The van der Waals surface area contributed by atoms with Gasteiger partial charge < -0.3 is 4.18 Å². The molecule has 0 saturated heterocycles. The normalized spacial score (nSPS) is 22.5. The lowest BCUT2D eigenvalue weighted by Crippen LogP contribution is -2.36. The van der Waals surface area contributed by atoms with Crippen molar-refractivity contribution >= 4 is 10.3 Å². The third-order valence-electron chi connectivity index (χ3n) is 2.18. The van der Waals surface area contributed by atoms with Crippen molar-refractivity contribution in [2.24, 2.45) is 0 Å². The maximum atomic E-state index is 11.3. The molecule has 1 heterocycles. The van der Waals surface area contributed by atoms with E-state index in [-0.39, 0.29) is 6.04 Å². The summed E-state index contributed by atoms with van der Waals surface area (Å²) in [6.07, 6.45) is 2.22. The first kappa shape index (κ1) is 10.2. The van der Waals surface area contributed by atoms with Crippen LogP contribution in [0.4, 0.5) is 0 Å². The molecule has 1 aromatic carbocycles. The summed E-state index contributed by atoms with van der Waals surface area (Å²) in [4.78, 5) is 0. The van der Waals surface area contributed by atoms with Crippen molar-refractivity contribution in [3.63, 3.8) is 0 Å². The zero-order valence-corrected chi connectivity index (χ0v) is 8.83. The van der Waals surface area contributed by atoms with E-state index in [0.29, 0.717) is 12.2 Å². The van der Waals surface area contributed by atoms with E-state index in [2.05, 4.69) is 11.3 Å². The molecular weight excluding hydrogens is 214 g/mol. The van der Waals surface area contributed by atoms with Crippen LogP contribution in [-0.4, -0.2) is 8.42 Å². The van der Waals surface area contributed by atoms with Crippen LogP contribution in [0.5, 0.6) is 5.75 Å². The topological polar surface area (TPSA) is 55.4 Å². The summed E-state index contributed by atoms with van der Waals surface area (Å²) in [5.41, 5.74) is 0.840. The van der Waals surface area contributed by atoms with E-state index in [0.717, 1.165) is 5.56 Å². The van der Waals surface area contributed by atoms with Gasteiger partial charge in [-0.2, -0.15) is 13.1 Å². The molecule has 15 heavy (non-hydrogen) atoms. The highest BCUT2D eigenvalue weighted by molar-refractivity contribution is 7.85. The van der Waals surface area contributed by atoms with Gasteiger partial charge in [-0.15, -0.1) is 6.58 Å². The Kier molecular flexibility index (Phi) is 2.50. The van der Waals surface area contributed by atoms with Gasteiger partial charge >= 0.3 is 10.3 Å². The molecule has 0 radical (unpaired) electrons.